The van der Waals surface area contributed by atoms with Crippen LogP contribution in [0.25, 0.3) is 10.9 Å². The van der Waals surface area contributed by atoms with Gasteiger partial charge in [-0.3, -0.25) is 4.79 Å². The van der Waals surface area contributed by atoms with Crippen molar-refractivity contribution in [2.45, 2.75) is 6.42 Å². The average Bonchev–Trinajstić information content (AvgIpc) is 2.60. The van der Waals surface area contributed by atoms with Crippen molar-refractivity contribution in [2.24, 2.45) is 0 Å². The predicted octanol–water partition coefficient (Wildman–Crippen LogP) is 2.56. The lowest BCUT2D eigenvalue weighted by molar-refractivity contribution is -0.118. The van der Waals surface area contributed by atoms with Gasteiger partial charge in [0.05, 0.1) is 12.6 Å². The number of nitrogens with zero attached hydrogens (tertiary/aromatic N) is 2. The molecule has 1 aromatic carbocycles. The molecule has 3 aromatic rings. The lowest BCUT2D eigenvalue weighted by Gasteiger charge is -2.17. The number of aromatic nitrogens is 2. The molecule has 1 aliphatic heterocycles. The number of fused-ring (bicyclic) bond motifs is 2. The summed E-state index contributed by atoms with van der Waals surface area (Å²) in [5.74, 6) is 0.861. The molecular formula is C18H15N3O3. The number of amides is 1. The molecule has 1 amide bonds. The molecule has 6 nitrogen and oxygen atoms in total. The van der Waals surface area contributed by atoms with E-state index in [4.69, 9.17) is 9.47 Å². The summed E-state index contributed by atoms with van der Waals surface area (Å²) in [5.41, 5.74) is 3.38. The Hall–Kier alpha value is -3.15. The highest BCUT2D eigenvalue weighted by atomic mass is 16.5. The van der Waals surface area contributed by atoms with E-state index in [1.807, 2.05) is 30.3 Å². The van der Waals surface area contributed by atoms with Gasteiger partial charge >= 0.3 is 0 Å². The second kappa shape index (κ2) is 5.81. The van der Waals surface area contributed by atoms with Crippen molar-refractivity contribution >= 4 is 22.5 Å². The summed E-state index contributed by atoms with van der Waals surface area (Å²) in [6, 6.07) is 11.8. The predicted molar refractivity (Wildman–Crippen MR) is 89.5 cm³/mol. The maximum atomic E-state index is 11.4. The summed E-state index contributed by atoms with van der Waals surface area (Å²) in [5, 5.41) is 3.82. The van der Waals surface area contributed by atoms with Gasteiger partial charge in [0.15, 0.2) is 6.61 Å². The molecule has 24 heavy (non-hydrogen) atoms. The normalized spacial score (nSPS) is 13.1. The third-order valence-electron chi connectivity index (χ3n) is 3.87. The van der Waals surface area contributed by atoms with Crippen LogP contribution in [0, 0.1) is 0 Å². The first-order valence-electron chi connectivity index (χ1n) is 7.57. The van der Waals surface area contributed by atoms with Crippen molar-refractivity contribution in [1.29, 1.82) is 0 Å². The number of nitrogens with one attached hydrogen (secondary N) is 1. The van der Waals surface area contributed by atoms with Gasteiger partial charge in [0.2, 0.25) is 11.8 Å². The first kappa shape index (κ1) is 14.4. The topological polar surface area (TPSA) is 73.3 Å². The Morgan fingerprint density at radius 1 is 1.29 bits per heavy atom. The summed E-state index contributed by atoms with van der Waals surface area (Å²) in [7, 11) is 1.61. The van der Waals surface area contributed by atoms with Crippen LogP contribution in [0.5, 0.6) is 11.8 Å². The zero-order valence-electron chi connectivity index (χ0n) is 13.1. The summed E-state index contributed by atoms with van der Waals surface area (Å²) < 4.78 is 10.7. The number of hydrogen-bond acceptors (Lipinski definition) is 5. The van der Waals surface area contributed by atoms with Crippen molar-refractivity contribution in [1.82, 2.24) is 9.97 Å². The van der Waals surface area contributed by atoms with Crippen LogP contribution < -0.4 is 14.8 Å². The highest BCUT2D eigenvalue weighted by Crippen LogP contribution is 2.29. The Morgan fingerprint density at radius 3 is 3.04 bits per heavy atom. The first-order valence-corrected chi connectivity index (χ1v) is 7.57. The Bertz CT molecular complexity index is 940. The number of benzene rings is 1. The number of pyridine rings is 2. The molecule has 0 bridgehead atoms. The largest absolute Gasteiger partial charge is 0.481 e. The zero-order valence-corrected chi connectivity index (χ0v) is 13.1. The molecule has 1 N–H and O–H groups in total. The van der Waals surface area contributed by atoms with E-state index in [2.05, 4.69) is 21.4 Å². The van der Waals surface area contributed by atoms with E-state index in [0.29, 0.717) is 23.9 Å². The molecule has 0 atom stereocenters. The Balaban J connectivity index is 1.71. The van der Waals surface area contributed by atoms with Crippen LogP contribution in [-0.4, -0.2) is 29.6 Å². The van der Waals surface area contributed by atoms with E-state index in [-0.39, 0.29) is 12.5 Å². The number of para-hydroxylation sites is 1. The maximum Gasteiger partial charge on any atom is 0.262 e. The first-order chi connectivity index (χ1) is 11.7. The second-order valence-electron chi connectivity index (χ2n) is 5.56. The quantitative estimate of drug-likeness (QED) is 0.802. The Kier molecular flexibility index (Phi) is 3.49. The molecule has 0 saturated heterocycles. The van der Waals surface area contributed by atoms with Crippen LogP contribution in [0.1, 0.15) is 11.1 Å². The molecule has 2 aromatic heterocycles. The van der Waals surface area contributed by atoms with Crippen molar-refractivity contribution in [3.05, 3.63) is 53.7 Å². The van der Waals surface area contributed by atoms with Gasteiger partial charge in [0, 0.05) is 23.6 Å². The van der Waals surface area contributed by atoms with Gasteiger partial charge in [-0.1, -0.05) is 18.2 Å². The molecule has 0 saturated carbocycles. The molecular weight excluding hydrogens is 306 g/mol. The molecule has 3 heterocycles. The third-order valence-corrected chi connectivity index (χ3v) is 3.87. The van der Waals surface area contributed by atoms with Crippen LogP contribution in [0.3, 0.4) is 0 Å². The van der Waals surface area contributed by atoms with Crippen LogP contribution in [0.15, 0.2) is 42.6 Å². The highest BCUT2D eigenvalue weighted by molar-refractivity contribution is 5.94. The summed E-state index contributed by atoms with van der Waals surface area (Å²) >= 11 is 0. The van der Waals surface area contributed by atoms with Crippen molar-refractivity contribution in [3.8, 4) is 11.8 Å². The number of carbonyl (C=O) groups is 1. The van der Waals surface area contributed by atoms with Crippen molar-refractivity contribution in [2.75, 3.05) is 19.0 Å². The molecule has 6 heteroatoms. The van der Waals surface area contributed by atoms with E-state index in [1.54, 1.807) is 13.3 Å². The molecule has 0 fully saturated rings. The number of hydrogen-bond donors (Lipinski definition) is 1. The van der Waals surface area contributed by atoms with E-state index in [9.17, 15) is 4.79 Å². The van der Waals surface area contributed by atoms with Gasteiger partial charge in [-0.15, -0.1) is 0 Å². The fraction of sp³-hybridized carbons (Fsp3) is 0.167. The van der Waals surface area contributed by atoms with E-state index < -0.39 is 0 Å². The number of rotatable bonds is 3. The highest BCUT2D eigenvalue weighted by Gasteiger charge is 2.18. The summed E-state index contributed by atoms with van der Waals surface area (Å²) in [6.07, 6.45) is 2.34. The minimum Gasteiger partial charge on any atom is -0.481 e. The van der Waals surface area contributed by atoms with E-state index in [0.717, 1.165) is 22.0 Å². The minimum absolute atomic E-state index is 0.00175. The van der Waals surface area contributed by atoms with Gasteiger partial charge in [-0.2, -0.15) is 0 Å². The SMILES string of the molecule is COc1nc2ccccc2cc1Cc1cnc2c(c1)NC(=O)CO2. The van der Waals surface area contributed by atoms with Gasteiger partial charge in [-0.05, 0) is 23.8 Å². The van der Waals surface area contributed by atoms with Gasteiger partial charge < -0.3 is 14.8 Å². The van der Waals surface area contributed by atoms with Crippen molar-refractivity contribution < 1.29 is 14.3 Å². The standard InChI is InChI=1S/C18H15N3O3/c1-23-17-13(8-12-4-2-3-5-14(12)21-17)6-11-7-15-18(19-9-11)24-10-16(22)20-15/h2-5,7-9H,6,10H2,1H3,(H,20,22). The molecule has 0 radical (unpaired) electrons. The Labute approximate surface area is 138 Å². The van der Waals surface area contributed by atoms with E-state index >= 15 is 0 Å². The number of carbonyl (C=O) groups excluding carboxylic acids is 1. The monoisotopic (exact) mass is 321 g/mol. The smallest absolute Gasteiger partial charge is 0.262 e. The summed E-state index contributed by atoms with van der Waals surface area (Å²) in [4.78, 5) is 20.3. The minimum atomic E-state index is -0.175. The number of anilines is 1. The van der Waals surface area contributed by atoms with E-state index in [1.165, 1.54) is 0 Å². The lowest BCUT2D eigenvalue weighted by atomic mass is 10.0. The summed E-state index contributed by atoms with van der Waals surface area (Å²) in [6.45, 7) is 0.00175. The van der Waals surface area contributed by atoms with Crippen LogP contribution in [-0.2, 0) is 11.2 Å². The fourth-order valence-corrected chi connectivity index (χ4v) is 2.78. The molecule has 4 rings (SSSR count). The Morgan fingerprint density at radius 2 is 2.17 bits per heavy atom. The molecule has 1 aliphatic rings. The van der Waals surface area contributed by atoms with Crippen LogP contribution in [0.2, 0.25) is 0 Å². The van der Waals surface area contributed by atoms with Gasteiger partial charge in [-0.25, -0.2) is 9.97 Å². The lowest BCUT2D eigenvalue weighted by Crippen LogP contribution is -2.26. The zero-order chi connectivity index (χ0) is 16.5. The number of ether oxygens (including phenoxy) is 2. The molecule has 0 aliphatic carbocycles. The van der Waals surface area contributed by atoms with Gasteiger partial charge in [0.1, 0.15) is 5.69 Å². The number of methoxy groups -OCH3 is 1. The van der Waals surface area contributed by atoms with Crippen LogP contribution in [0.4, 0.5) is 5.69 Å². The van der Waals surface area contributed by atoms with Gasteiger partial charge in [0.25, 0.3) is 5.91 Å². The molecule has 0 spiro atoms. The molecule has 120 valence electrons. The second-order valence-corrected chi connectivity index (χ2v) is 5.56. The van der Waals surface area contributed by atoms with Crippen LogP contribution >= 0.6 is 0 Å². The maximum absolute atomic E-state index is 11.4. The van der Waals surface area contributed by atoms with Crippen molar-refractivity contribution in [3.63, 3.8) is 0 Å². The third kappa shape index (κ3) is 2.62. The fourth-order valence-electron chi connectivity index (χ4n) is 2.78. The average molecular weight is 321 g/mol. The molecule has 0 unspecified atom stereocenters.